The number of ketones is 2. The minimum atomic E-state index is -5.08. The zero-order valence-corrected chi connectivity index (χ0v) is 24.4. The second-order valence-electron chi connectivity index (χ2n) is 6.76. The maximum atomic E-state index is 11.9. The molecule has 0 fully saturated rings. The van der Waals surface area contributed by atoms with Crippen molar-refractivity contribution in [2.24, 2.45) is 0 Å². The fraction of sp³-hybridized carbons (Fsp3) is 0.318. The SMILES string of the molecule is CCc1ccc(C(=O)C=[N+]=[N-])cc1.CCc1ccc(C(=O)COS(=O)C(F)(F)F)cc1.O=S([O-])C(F)(F)F.[Na+]. The number of carbonyl (C=O) groups excluding carboxylic acids is 2. The van der Waals surface area contributed by atoms with Crippen LogP contribution in [0.5, 0.6) is 0 Å². The van der Waals surface area contributed by atoms with E-state index < -0.39 is 45.6 Å². The summed E-state index contributed by atoms with van der Waals surface area (Å²) in [6.07, 6.45) is 2.63. The van der Waals surface area contributed by atoms with E-state index in [0.717, 1.165) is 24.6 Å². The van der Waals surface area contributed by atoms with Crippen molar-refractivity contribution in [1.29, 1.82) is 0 Å². The van der Waals surface area contributed by atoms with Crippen molar-refractivity contribution in [1.82, 2.24) is 0 Å². The molecule has 0 heterocycles. The summed E-state index contributed by atoms with van der Waals surface area (Å²) in [5.41, 5.74) is 1.05. The van der Waals surface area contributed by atoms with Crippen molar-refractivity contribution < 1.29 is 87.4 Å². The first-order valence-corrected chi connectivity index (χ1v) is 12.4. The van der Waals surface area contributed by atoms with Gasteiger partial charge in [0.25, 0.3) is 16.9 Å². The molecule has 39 heavy (non-hydrogen) atoms. The normalized spacial score (nSPS) is 12.1. The Hall–Kier alpha value is -2.04. The Balaban J connectivity index is 0. The van der Waals surface area contributed by atoms with Crippen LogP contribution in [0.3, 0.4) is 0 Å². The summed E-state index contributed by atoms with van der Waals surface area (Å²) < 4.78 is 99.6. The van der Waals surface area contributed by atoms with Gasteiger partial charge in [-0.1, -0.05) is 62.4 Å². The summed E-state index contributed by atoms with van der Waals surface area (Å²) in [6, 6.07) is 13.6. The van der Waals surface area contributed by atoms with Gasteiger partial charge in [0.1, 0.15) is 6.61 Å². The molecule has 0 aromatic heterocycles. The number of benzene rings is 2. The molecule has 2 unspecified atom stereocenters. The third kappa shape index (κ3) is 16.6. The average Bonchev–Trinajstić information content (AvgIpc) is 2.87. The molecule has 17 heteroatoms. The van der Waals surface area contributed by atoms with Crippen LogP contribution < -0.4 is 29.6 Å². The monoisotopic (exact) mass is 610 g/mol. The predicted molar refractivity (Wildman–Crippen MR) is 125 cm³/mol. The summed E-state index contributed by atoms with van der Waals surface area (Å²) in [6.45, 7) is 3.12. The summed E-state index contributed by atoms with van der Waals surface area (Å²) in [5.74, 6) is -0.930. The number of rotatable bonds is 8. The van der Waals surface area contributed by atoms with Crippen LogP contribution in [0, 0.1) is 0 Å². The molecule has 0 N–H and O–H groups in total. The van der Waals surface area contributed by atoms with Gasteiger partial charge in [-0.15, -0.1) is 0 Å². The topological polar surface area (TPSA) is 137 Å². The summed E-state index contributed by atoms with van der Waals surface area (Å²) in [4.78, 5) is 25.3. The molecule has 8 nitrogen and oxygen atoms in total. The van der Waals surface area contributed by atoms with Crippen LogP contribution in [0.25, 0.3) is 5.53 Å². The van der Waals surface area contributed by atoms with E-state index in [-0.39, 0.29) is 40.9 Å². The number of aryl methyl sites for hydroxylation is 2. The van der Waals surface area contributed by atoms with Crippen molar-refractivity contribution in [2.75, 3.05) is 6.61 Å². The smallest absolute Gasteiger partial charge is 0.766 e. The third-order valence-electron chi connectivity index (χ3n) is 4.18. The van der Waals surface area contributed by atoms with Gasteiger partial charge in [-0.3, -0.25) is 18.0 Å². The number of alkyl halides is 6. The molecule has 2 aromatic rings. The van der Waals surface area contributed by atoms with Crippen LogP contribution >= 0.6 is 0 Å². The zero-order chi connectivity index (χ0) is 29.5. The number of nitrogens with zero attached hydrogens (tertiary/aromatic N) is 2. The second-order valence-corrected chi connectivity index (χ2v) is 8.86. The minimum Gasteiger partial charge on any atom is -0.766 e. The van der Waals surface area contributed by atoms with Gasteiger partial charge in [-0.05, 0) is 24.0 Å². The molecule has 0 spiro atoms. The van der Waals surface area contributed by atoms with Crippen LogP contribution in [-0.4, -0.2) is 53.2 Å². The molecule has 2 rings (SSSR count). The third-order valence-corrected chi connectivity index (χ3v) is 5.27. The molecule has 0 radical (unpaired) electrons. The van der Waals surface area contributed by atoms with Gasteiger partial charge in [-0.25, -0.2) is 4.21 Å². The van der Waals surface area contributed by atoms with E-state index in [4.69, 9.17) is 14.3 Å². The number of Topliss-reactive ketones (excluding diaryl/α,β-unsaturated/α-hetero) is 2. The Morgan fingerprint density at radius 3 is 1.56 bits per heavy atom. The van der Waals surface area contributed by atoms with Crippen molar-refractivity contribution in [2.45, 2.75) is 37.7 Å². The van der Waals surface area contributed by atoms with E-state index >= 15 is 0 Å². The van der Waals surface area contributed by atoms with Crippen LogP contribution in [0.4, 0.5) is 26.3 Å². The Morgan fingerprint density at radius 2 is 1.26 bits per heavy atom. The molecule has 0 aliphatic carbocycles. The first-order chi connectivity index (χ1) is 17.6. The quantitative estimate of drug-likeness (QED) is 0.0850. The van der Waals surface area contributed by atoms with Gasteiger partial charge in [0, 0.05) is 11.1 Å². The van der Waals surface area contributed by atoms with E-state index in [1.807, 2.05) is 26.0 Å². The summed E-state index contributed by atoms with van der Waals surface area (Å²) in [5, 5.41) is 0. The Kier molecular flexibility index (Phi) is 19.2. The fourth-order valence-corrected chi connectivity index (χ4v) is 2.56. The van der Waals surface area contributed by atoms with E-state index in [1.54, 1.807) is 24.3 Å². The first-order valence-electron chi connectivity index (χ1n) is 10.3. The van der Waals surface area contributed by atoms with Crippen LogP contribution in [0.2, 0.25) is 0 Å². The molecule has 0 saturated carbocycles. The second kappa shape index (κ2) is 19.1. The Morgan fingerprint density at radius 1 is 0.872 bits per heavy atom. The van der Waals surface area contributed by atoms with Crippen molar-refractivity contribution in [3.8, 4) is 0 Å². The molecule has 2 atom stereocenters. The molecule has 210 valence electrons. The summed E-state index contributed by atoms with van der Waals surface area (Å²) in [7, 11) is 0. The van der Waals surface area contributed by atoms with Gasteiger partial charge in [0.15, 0.2) is 5.78 Å². The molecular formula is C22H21F6N2NaO6S2. The molecule has 0 saturated heterocycles. The van der Waals surface area contributed by atoms with Crippen LogP contribution in [-0.2, 0) is 39.2 Å². The van der Waals surface area contributed by atoms with E-state index in [2.05, 4.69) is 8.97 Å². The molecule has 0 amide bonds. The predicted octanol–water partition coefficient (Wildman–Crippen LogP) is 1.75. The average molecular weight is 611 g/mol. The molecular weight excluding hydrogens is 589 g/mol. The Bertz CT molecular complexity index is 1150. The maximum Gasteiger partial charge on any atom is 1.00 e. The number of carbonyl (C=O) groups is 2. The largest absolute Gasteiger partial charge is 1.00 e. The van der Waals surface area contributed by atoms with E-state index in [1.165, 1.54) is 17.7 Å². The zero-order valence-electron chi connectivity index (χ0n) is 20.7. The number of halogens is 6. The van der Waals surface area contributed by atoms with Crippen LogP contribution in [0.15, 0.2) is 48.5 Å². The standard InChI is InChI=1S/C11H11F3O3S.C10H10N2O.CHF3O2S.Na/c1-2-8-3-5-9(6-4-8)10(15)7-17-18(16)11(12,13)14;1-2-8-3-5-9(6-4-8)10(13)7-12-11;2-1(3,4)7(5)6;/h3-6H,2,7H2,1H3;3-7H,2H2,1H3;(H,5,6);/q;;;+1/p-1. The number of hydrogen-bond acceptors (Lipinski definition) is 6. The van der Waals surface area contributed by atoms with Gasteiger partial charge < -0.3 is 10.1 Å². The van der Waals surface area contributed by atoms with Crippen LogP contribution in [0.1, 0.15) is 45.7 Å². The summed E-state index contributed by atoms with van der Waals surface area (Å²) >= 11 is -7.39. The fourth-order valence-electron chi connectivity index (χ4n) is 2.22. The van der Waals surface area contributed by atoms with Crippen molar-refractivity contribution in [3.05, 3.63) is 76.3 Å². The van der Waals surface area contributed by atoms with Gasteiger partial charge in [0.05, 0.1) is 11.1 Å². The minimum absolute atomic E-state index is 0. The van der Waals surface area contributed by atoms with Gasteiger partial charge >= 0.3 is 46.8 Å². The first kappa shape index (κ1) is 39.1. The van der Waals surface area contributed by atoms with Crippen molar-refractivity contribution in [3.63, 3.8) is 0 Å². The van der Waals surface area contributed by atoms with Crippen molar-refractivity contribution >= 4 is 39.9 Å². The van der Waals surface area contributed by atoms with Gasteiger partial charge in [0.2, 0.25) is 0 Å². The molecule has 0 aliphatic rings. The van der Waals surface area contributed by atoms with E-state index in [9.17, 15) is 40.1 Å². The van der Waals surface area contributed by atoms with Gasteiger partial charge in [-0.2, -0.15) is 31.1 Å². The number of hydrogen-bond donors (Lipinski definition) is 0. The molecule has 0 aliphatic heterocycles. The molecule has 0 bridgehead atoms. The Labute approximate surface area is 247 Å². The maximum absolute atomic E-state index is 11.9. The molecule has 2 aromatic carbocycles. The van der Waals surface area contributed by atoms with E-state index in [0.29, 0.717) is 5.56 Å².